The zero-order valence-corrected chi connectivity index (χ0v) is 16.2. The number of ether oxygens (including phenoxy) is 2. The fourth-order valence-corrected chi connectivity index (χ4v) is 3.42. The lowest BCUT2D eigenvalue weighted by Gasteiger charge is -2.17. The number of carbonyl (C=O) groups is 2. The van der Waals surface area contributed by atoms with Gasteiger partial charge in [-0.3, -0.25) is 9.59 Å². The highest BCUT2D eigenvalue weighted by Gasteiger charge is 2.28. The van der Waals surface area contributed by atoms with Gasteiger partial charge < -0.3 is 14.8 Å². The van der Waals surface area contributed by atoms with Crippen molar-refractivity contribution in [3.63, 3.8) is 0 Å². The van der Waals surface area contributed by atoms with Crippen molar-refractivity contribution in [3.8, 4) is 11.5 Å². The summed E-state index contributed by atoms with van der Waals surface area (Å²) in [6, 6.07) is 21.1. The van der Waals surface area contributed by atoms with Crippen LogP contribution in [0.25, 0.3) is 0 Å². The van der Waals surface area contributed by atoms with E-state index in [1.54, 1.807) is 60.7 Å². The number of anilines is 1. The molecule has 0 spiro atoms. The third-order valence-electron chi connectivity index (χ3n) is 4.66. The van der Waals surface area contributed by atoms with Crippen LogP contribution in [0, 0.1) is 5.92 Å². The van der Waals surface area contributed by atoms with E-state index in [0.29, 0.717) is 27.8 Å². The number of rotatable bonds is 6. The van der Waals surface area contributed by atoms with Crippen molar-refractivity contribution in [3.05, 3.63) is 88.9 Å². The molecule has 3 aromatic carbocycles. The molecule has 0 bridgehead atoms. The number of amides is 1. The lowest BCUT2D eigenvalue weighted by Crippen LogP contribution is -2.31. The van der Waals surface area contributed by atoms with Crippen molar-refractivity contribution >= 4 is 29.0 Å². The zero-order chi connectivity index (χ0) is 20.2. The van der Waals surface area contributed by atoms with Gasteiger partial charge >= 0.3 is 0 Å². The van der Waals surface area contributed by atoms with Gasteiger partial charge in [-0.2, -0.15) is 0 Å². The molecule has 0 aliphatic carbocycles. The summed E-state index contributed by atoms with van der Waals surface area (Å²) in [4.78, 5) is 26.2. The summed E-state index contributed by atoms with van der Waals surface area (Å²) in [5.74, 6) is -0.356. The van der Waals surface area contributed by atoms with E-state index in [9.17, 15) is 9.59 Å². The highest BCUT2D eigenvalue weighted by Crippen LogP contribution is 2.34. The van der Waals surface area contributed by atoms with Gasteiger partial charge in [0, 0.05) is 22.3 Å². The Morgan fingerprint density at radius 3 is 2.52 bits per heavy atom. The van der Waals surface area contributed by atoms with Crippen LogP contribution >= 0.6 is 11.6 Å². The molecule has 1 aliphatic heterocycles. The number of ketones is 1. The quantitative estimate of drug-likeness (QED) is 0.473. The van der Waals surface area contributed by atoms with Crippen LogP contribution in [0.1, 0.15) is 15.9 Å². The summed E-state index contributed by atoms with van der Waals surface area (Å²) >= 11 is 6.08. The third kappa shape index (κ3) is 4.41. The molecule has 4 rings (SSSR count). The molecule has 1 aliphatic rings. The van der Waals surface area contributed by atoms with Gasteiger partial charge in [0.15, 0.2) is 17.3 Å². The molecule has 1 N–H and O–H groups in total. The minimum atomic E-state index is -0.902. The fraction of sp³-hybridized carbons (Fsp3) is 0.130. The summed E-state index contributed by atoms with van der Waals surface area (Å²) in [6.45, 7) is 0.149. The normalized spacial score (nSPS) is 13.0. The molecule has 0 unspecified atom stereocenters. The zero-order valence-electron chi connectivity index (χ0n) is 15.4. The number of Topliss-reactive ketones (excluding diaryl/α,β-unsaturated/α-hetero) is 1. The van der Waals surface area contributed by atoms with Gasteiger partial charge in [-0.1, -0.05) is 54.1 Å². The molecule has 1 amide bonds. The van der Waals surface area contributed by atoms with Crippen LogP contribution in [0.2, 0.25) is 5.02 Å². The SMILES string of the molecule is O=C(Nc1ccc2c(c1)OCO2)[C@@H](Cc1cccc(Cl)c1)C(=O)c1ccccc1. The number of halogens is 1. The molecule has 3 aromatic rings. The van der Waals surface area contributed by atoms with Gasteiger partial charge in [-0.15, -0.1) is 0 Å². The van der Waals surface area contributed by atoms with Crippen LogP contribution < -0.4 is 14.8 Å². The summed E-state index contributed by atoms with van der Waals surface area (Å²) in [6.07, 6.45) is 0.241. The van der Waals surface area contributed by atoms with Gasteiger partial charge in [0.25, 0.3) is 0 Å². The van der Waals surface area contributed by atoms with Crippen LogP contribution in [0.15, 0.2) is 72.8 Å². The van der Waals surface area contributed by atoms with Crippen molar-refractivity contribution in [2.75, 3.05) is 12.1 Å². The standard InChI is InChI=1S/C23H18ClNO4/c24-17-8-4-5-15(11-17)12-19(22(26)16-6-2-1-3-7-16)23(27)25-18-9-10-20-21(13-18)29-14-28-20/h1-11,13,19H,12,14H2,(H,25,27)/t19-/m0/s1. The molecule has 1 atom stereocenters. The first-order chi connectivity index (χ1) is 14.1. The van der Waals surface area contributed by atoms with E-state index in [4.69, 9.17) is 21.1 Å². The Morgan fingerprint density at radius 1 is 0.931 bits per heavy atom. The maximum Gasteiger partial charge on any atom is 0.235 e. The second kappa shape index (κ2) is 8.37. The summed E-state index contributed by atoms with van der Waals surface area (Å²) in [7, 11) is 0. The second-order valence-electron chi connectivity index (χ2n) is 6.67. The molecular weight excluding hydrogens is 390 g/mol. The van der Waals surface area contributed by atoms with Gasteiger partial charge in [0.1, 0.15) is 5.92 Å². The Balaban J connectivity index is 1.60. The largest absolute Gasteiger partial charge is 0.454 e. The molecule has 6 heteroatoms. The lowest BCUT2D eigenvalue weighted by atomic mass is 9.90. The van der Waals surface area contributed by atoms with Crippen LogP contribution in [-0.2, 0) is 11.2 Å². The van der Waals surface area contributed by atoms with Crippen molar-refractivity contribution < 1.29 is 19.1 Å². The highest BCUT2D eigenvalue weighted by atomic mass is 35.5. The number of hydrogen-bond donors (Lipinski definition) is 1. The van der Waals surface area contributed by atoms with E-state index >= 15 is 0 Å². The maximum absolute atomic E-state index is 13.1. The minimum absolute atomic E-state index is 0.149. The van der Waals surface area contributed by atoms with E-state index < -0.39 is 11.8 Å². The predicted octanol–water partition coefficient (Wildman–Crippen LogP) is 4.75. The van der Waals surface area contributed by atoms with Gasteiger partial charge in [-0.25, -0.2) is 0 Å². The third-order valence-corrected chi connectivity index (χ3v) is 4.90. The van der Waals surface area contributed by atoms with Crippen molar-refractivity contribution in [1.82, 2.24) is 0 Å². The lowest BCUT2D eigenvalue weighted by molar-refractivity contribution is -0.118. The highest BCUT2D eigenvalue weighted by molar-refractivity contribution is 6.30. The number of fused-ring (bicyclic) bond motifs is 1. The predicted molar refractivity (Wildman–Crippen MR) is 111 cm³/mol. The Morgan fingerprint density at radius 2 is 1.72 bits per heavy atom. The fourth-order valence-electron chi connectivity index (χ4n) is 3.21. The Hall–Kier alpha value is -3.31. The molecule has 1 heterocycles. The van der Waals surface area contributed by atoms with Crippen LogP contribution in [0.4, 0.5) is 5.69 Å². The minimum Gasteiger partial charge on any atom is -0.454 e. The smallest absolute Gasteiger partial charge is 0.235 e. The Bertz CT molecular complexity index is 1050. The van der Waals surface area contributed by atoms with Gasteiger partial charge in [0.05, 0.1) is 0 Å². The number of hydrogen-bond acceptors (Lipinski definition) is 4. The summed E-state index contributed by atoms with van der Waals surface area (Å²) in [5.41, 5.74) is 1.84. The number of carbonyl (C=O) groups excluding carboxylic acids is 2. The maximum atomic E-state index is 13.1. The van der Waals surface area contributed by atoms with Crippen molar-refractivity contribution in [2.45, 2.75) is 6.42 Å². The summed E-state index contributed by atoms with van der Waals surface area (Å²) in [5, 5.41) is 3.39. The molecule has 146 valence electrons. The van der Waals surface area contributed by atoms with E-state index in [0.717, 1.165) is 5.56 Å². The molecule has 0 fully saturated rings. The van der Waals surface area contributed by atoms with E-state index in [1.165, 1.54) is 0 Å². The molecule has 0 aromatic heterocycles. The van der Waals surface area contributed by atoms with Crippen LogP contribution in [0.3, 0.4) is 0 Å². The average Bonchev–Trinajstić information content (AvgIpc) is 3.20. The molecule has 29 heavy (non-hydrogen) atoms. The van der Waals surface area contributed by atoms with Crippen molar-refractivity contribution in [2.24, 2.45) is 5.92 Å². The second-order valence-corrected chi connectivity index (χ2v) is 7.11. The van der Waals surface area contributed by atoms with E-state index in [2.05, 4.69) is 5.32 Å². The van der Waals surface area contributed by atoms with E-state index in [-0.39, 0.29) is 19.0 Å². The van der Waals surface area contributed by atoms with Gasteiger partial charge in [0.2, 0.25) is 12.7 Å². The van der Waals surface area contributed by atoms with Crippen LogP contribution in [0.5, 0.6) is 11.5 Å². The Labute approximate surface area is 173 Å². The molecule has 0 radical (unpaired) electrons. The first-order valence-electron chi connectivity index (χ1n) is 9.14. The molecule has 0 saturated heterocycles. The van der Waals surface area contributed by atoms with Gasteiger partial charge in [-0.05, 0) is 36.2 Å². The number of benzene rings is 3. The first kappa shape index (κ1) is 19.0. The van der Waals surface area contributed by atoms with Crippen molar-refractivity contribution in [1.29, 1.82) is 0 Å². The summed E-state index contributed by atoms with van der Waals surface area (Å²) < 4.78 is 10.6. The molecular formula is C23H18ClNO4. The topological polar surface area (TPSA) is 64.6 Å². The van der Waals surface area contributed by atoms with Crippen LogP contribution in [-0.4, -0.2) is 18.5 Å². The Kier molecular flexibility index (Phi) is 5.49. The molecule has 5 nitrogen and oxygen atoms in total. The van der Waals surface area contributed by atoms with E-state index in [1.807, 2.05) is 12.1 Å². The average molecular weight is 408 g/mol. The monoisotopic (exact) mass is 407 g/mol. The first-order valence-corrected chi connectivity index (χ1v) is 9.52. The number of nitrogens with one attached hydrogen (secondary N) is 1. The molecule has 0 saturated carbocycles.